The van der Waals surface area contributed by atoms with Crippen LogP contribution in [0.3, 0.4) is 0 Å². The Bertz CT molecular complexity index is 439. The predicted octanol–water partition coefficient (Wildman–Crippen LogP) is 2.11. The number of likely N-dealkylation sites (tertiary alicyclic amines) is 2. The summed E-state index contributed by atoms with van der Waals surface area (Å²) in [6.07, 6.45) is 2.89. The molecule has 0 unspecified atom stereocenters. The molecule has 3 fully saturated rings. The third-order valence-corrected chi connectivity index (χ3v) is 4.65. The van der Waals surface area contributed by atoms with E-state index in [4.69, 9.17) is 4.74 Å². The number of carbonyl (C=O) groups is 2. The highest BCUT2D eigenvalue weighted by Crippen LogP contribution is 2.36. The standard InChI is InChI=1S/C16H26N2O3/c1-16(2,3)21-15(20)18-8-12-6-14(19)17(7-11-4-5-11)9-13(12)10-18/h11-13H,4-10H2,1-3H3/t12-,13+/m0/s1. The first kappa shape index (κ1) is 14.7. The molecule has 0 bridgehead atoms. The summed E-state index contributed by atoms with van der Waals surface area (Å²) in [4.78, 5) is 28.2. The zero-order chi connectivity index (χ0) is 15.2. The van der Waals surface area contributed by atoms with Crippen molar-refractivity contribution in [2.75, 3.05) is 26.2 Å². The lowest BCUT2D eigenvalue weighted by Crippen LogP contribution is -2.44. The first-order chi connectivity index (χ1) is 9.82. The molecule has 118 valence electrons. The largest absolute Gasteiger partial charge is 0.444 e. The Morgan fingerprint density at radius 1 is 1.19 bits per heavy atom. The van der Waals surface area contributed by atoms with Crippen LogP contribution in [0.4, 0.5) is 4.79 Å². The Morgan fingerprint density at radius 3 is 2.48 bits per heavy atom. The summed E-state index contributed by atoms with van der Waals surface area (Å²) in [5.41, 5.74) is -0.460. The fourth-order valence-corrected chi connectivity index (χ4v) is 3.38. The second kappa shape index (κ2) is 5.18. The molecular formula is C16H26N2O3. The van der Waals surface area contributed by atoms with Gasteiger partial charge in [-0.25, -0.2) is 4.79 Å². The third-order valence-electron chi connectivity index (χ3n) is 4.65. The van der Waals surface area contributed by atoms with Crippen molar-refractivity contribution in [2.45, 2.75) is 45.6 Å². The second-order valence-electron chi connectivity index (χ2n) is 7.85. The first-order valence-electron chi connectivity index (χ1n) is 8.07. The van der Waals surface area contributed by atoms with E-state index in [1.165, 1.54) is 12.8 Å². The zero-order valence-electron chi connectivity index (χ0n) is 13.3. The van der Waals surface area contributed by atoms with E-state index in [9.17, 15) is 9.59 Å². The van der Waals surface area contributed by atoms with Crippen molar-refractivity contribution in [1.29, 1.82) is 0 Å². The molecule has 0 N–H and O–H groups in total. The van der Waals surface area contributed by atoms with Gasteiger partial charge in [-0.05, 0) is 51.4 Å². The van der Waals surface area contributed by atoms with Crippen LogP contribution in [0.5, 0.6) is 0 Å². The number of carbonyl (C=O) groups excluding carboxylic acids is 2. The van der Waals surface area contributed by atoms with E-state index in [0.29, 0.717) is 24.8 Å². The molecule has 0 spiro atoms. The van der Waals surface area contributed by atoms with Crippen LogP contribution in [-0.4, -0.2) is 53.6 Å². The number of piperidine rings is 1. The molecule has 3 rings (SSSR count). The quantitative estimate of drug-likeness (QED) is 0.784. The van der Waals surface area contributed by atoms with Crippen molar-refractivity contribution in [3.8, 4) is 0 Å². The summed E-state index contributed by atoms with van der Waals surface area (Å²) in [5, 5.41) is 0. The topological polar surface area (TPSA) is 49.9 Å². The number of hydrogen-bond acceptors (Lipinski definition) is 3. The molecule has 0 radical (unpaired) electrons. The van der Waals surface area contributed by atoms with Crippen LogP contribution in [0.15, 0.2) is 0 Å². The molecule has 2 heterocycles. The van der Waals surface area contributed by atoms with Gasteiger partial charge in [0.1, 0.15) is 5.60 Å². The van der Waals surface area contributed by atoms with Crippen LogP contribution in [0.1, 0.15) is 40.0 Å². The monoisotopic (exact) mass is 294 g/mol. The molecule has 5 nitrogen and oxygen atoms in total. The second-order valence-corrected chi connectivity index (χ2v) is 7.85. The summed E-state index contributed by atoms with van der Waals surface area (Å²) in [6, 6.07) is 0. The van der Waals surface area contributed by atoms with Gasteiger partial charge in [-0.3, -0.25) is 4.79 Å². The molecule has 2 amide bonds. The van der Waals surface area contributed by atoms with Crippen LogP contribution in [0.25, 0.3) is 0 Å². The van der Waals surface area contributed by atoms with E-state index >= 15 is 0 Å². The van der Waals surface area contributed by atoms with Crippen molar-refractivity contribution in [1.82, 2.24) is 9.80 Å². The SMILES string of the molecule is CC(C)(C)OC(=O)N1C[C@H]2CN(CC3CC3)C(=O)C[C@H]2C1. The van der Waals surface area contributed by atoms with Gasteiger partial charge in [0, 0.05) is 32.6 Å². The van der Waals surface area contributed by atoms with Crippen LogP contribution >= 0.6 is 0 Å². The van der Waals surface area contributed by atoms with Gasteiger partial charge in [0.15, 0.2) is 0 Å². The highest BCUT2D eigenvalue weighted by atomic mass is 16.6. The van der Waals surface area contributed by atoms with Crippen LogP contribution in [0.2, 0.25) is 0 Å². The van der Waals surface area contributed by atoms with E-state index in [1.807, 2.05) is 25.7 Å². The molecule has 2 saturated heterocycles. The average molecular weight is 294 g/mol. The maximum absolute atomic E-state index is 12.2. The van der Waals surface area contributed by atoms with Crippen molar-refractivity contribution in [3.63, 3.8) is 0 Å². The number of rotatable bonds is 2. The molecular weight excluding hydrogens is 268 g/mol. The van der Waals surface area contributed by atoms with E-state index in [2.05, 4.69) is 0 Å². The summed E-state index contributed by atoms with van der Waals surface area (Å²) in [6.45, 7) is 8.79. The molecule has 1 aliphatic carbocycles. The average Bonchev–Trinajstić information content (AvgIpc) is 3.06. The minimum absolute atomic E-state index is 0.238. The molecule has 1 saturated carbocycles. The lowest BCUT2D eigenvalue weighted by Gasteiger charge is -2.34. The van der Waals surface area contributed by atoms with Crippen molar-refractivity contribution < 1.29 is 14.3 Å². The fourth-order valence-electron chi connectivity index (χ4n) is 3.38. The Kier molecular flexibility index (Phi) is 3.62. The van der Waals surface area contributed by atoms with Gasteiger partial charge in [0.05, 0.1) is 0 Å². The lowest BCUT2D eigenvalue weighted by atomic mass is 9.88. The van der Waals surface area contributed by atoms with Crippen LogP contribution in [-0.2, 0) is 9.53 Å². The third kappa shape index (κ3) is 3.50. The number of nitrogens with zero attached hydrogens (tertiary/aromatic N) is 2. The van der Waals surface area contributed by atoms with E-state index in [0.717, 1.165) is 25.6 Å². The maximum Gasteiger partial charge on any atom is 0.410 e. The molecule has 0 aromatic heterocycles. The summed E-state index contributed by atoms with van der Waals surface area (Å²) in [5.74, 6) is 1.75. The Morgan fingerprint density at radius 2 is 1.86 bits per heavy atom. The van der Waals surface area contributed by atoms with E-state index in [1.54, 1.807) is 4.90 Å². The minimum Gasteiger partial charge on any atom is -0.444 e. The number of amides is 2. The molecule has 3 aliphatic rings. The van der Waals surface area contributed by atoms with Gasteiger partial charge in [-0.15, -0.1) is 0 Å². The summed E-state index contributed by atoms with van der Waals surface area (Å²) >= 11 is 0. The van der Waals surface area contributed by atoms with Crippen molar-refractivity contribution >= 4 is 12.0 Å². The predicted molar refractivity (Wildman–Crippen MR) is 78.7 cm³/mol. The number of ether oxygens (including phenoxy) is 1. The normalized spacial score (nSPS) is 29.6. The Balaban J connectivity index is 1.57. The fraction of sp³-hybridized carbons (Fsp3) is 0.875. The van der Waals surface area contributed by atoms with Gasteiger partial charge < -0.3 is 14.5 Å². The van der Waals surface area contributed by atoms with Gasteiger partial charge in [0.2, 0.25) is 5.91 Å². The zero-order valence-corrected chi connectivity index (χ0v) is 13.3. The molecule has 21 heavy (non-hydrogen) atoms. The molecule has 0 aromatic carbocycles. The van der Waals surface area contributed by atoms with E-state index in [-0.39, 0.29) is 12.0 Å². The maximum atomic E-state index is 12.2. The molecule has 0 aromatic rings. The van der Waals surface area contributed by atoms with Crippen LogP contribution < -0.4 is 0 Å². The Hall–Kier alpha value is -1.26. The molecule has 2 atom stereocenters. The first-order valence-corrected chi connectivity index (χ1v) is 8.07. The van der Waals surface area contributed by atoms with Crippen molar-refractivity contribution in [3.05, 3.63) is 0 Å². The highest BCUT2D eigenvalue weighted by Gasteiger charge is 2.43. The van der Waals surface area contributed by atoms with Gasteiger partial charge in [0.25, 0.3) is 0 Å². The summed E-state index contributed by atoms with van der Waals surface area (Å²) in [7, 11) is 0. The van der Waals surface area contributed by atoms with E-state index < -0.39 is 5.60 Å². The van der Waals surface area contributed by atoms with Gasteiger partial charge >= 0.3 is 6.09 Å². The minimum atomic E-state index is -0.460. The number of fused-ring (bicyclic) bond motifs is 1. The number of hydrogen-bond donors (Lipinski definition) is 0. The molecule has 2 aliphatic heterocycles. The Labute approximate surface area is 126 Å². The van der Waals surface area contributed by atoms with Crippen molar-refractivity contribution in [2.24, 2.45) is 17.8 Å². The lowest BCUT2D eigenvalue weighted by molar-refractivity contribution is -0.136. The molecule has 5 heteroatoms. The summed E-state index contributed by atoms with van der Waals surface area (Å²) < 4.78 is 5.44. The van der Waals surface area contributed by atoms with Crippen LogP contribution in [0, 0.1) is 17.8 Å². The van der Waals surface area contributed by atoms with Gasteiger partial charge in [-0.1, -0.05) is 0 Å². The highest BCUT2D eigenvalue weighted by molar-refractivity contribution is 5.78. The smallest absolute Gasteiger partial charge is 0.410 e. The van der Waals surface area contributed by atoms with Gasteiger partial charge in [-0.2, -0.15) is 0 Å².